The van der Waals surface area contributed by atoms with Gasteiger partial charge in [-0.15, -0.1) is 0 Å². The molecule has 2 rings (SSSR count). The van der Waals surface area contributed by atoms with Crippen molar-refractivity contribution in [2.75, 3.05) is 0 Å². The number of rotatable bonds is 3. The summed E-state index contributed by atoms with van der Waals surface area (Å²) in [5.74, 6) is 0. The molecule has 2 nitrogen and oxygen atoms in total. The fourth-order valence-corrected chi connectivity index (χ4v) is 1.82. The molecule has 0 aromatic rings. The zero-order valence-electron chi connectivity index (χ0n) is 9.28. The van der Waals surface area contributed by atoms with E-state index in [0.717, 1.165) is 13.1 Å². The van der Waals surface area contributed by atoms with Gasteiger partial charge in [0.2, 0.25) is 5.69 Å². The molecule has 2 aliphatic rings. The van der Waals surface area contributed by atoms with Gasteiger partial charge < -0.3 is 28.5 Å². The average Bonchev–Trinajstić information content (AvgIpc) is 2.61. The second-order valence-corrected chi connectivity index (χ2v) is 3.62. The number of hydrogen-bond acceptors (Lipinski definition) is 0. The molecule has 0 N–H and O–H groups in total. The molecule has 0 saturated heterocycles. The summed E-state index contributed by atoms with van der Waals surface area (Å²) in [6, 6.07) is 4.39. The summed E-state index contributed by atoms with van der Waals surface area (Å²) < 4.78 is 4.52. The highest BCUT2D eigenvalue weighted by molar-refractivity contribution is 5.55. The van der Waals surface area contributed by atoms with Gasteiger partial charge in [-0.05, 0) is 6.92 Å². The number of hydrogen-bond donors (Lipinski definition) is 0. The van der Waals surface area contributed by atoms with E-state index in [9.17, 15) is 0 Å². The Bertz CT molecular complexity index is 395. The zero-order chi connectivity index (χ0) is 9.97. The lowest BCUT2D eigenvalue weighted by Crippen LogP contribution is -3.00. The Kier molecular flexibility index (Phi) is 4.57. The van der Waals surface area contributed by atoms with Crippen molar-refractivity contribution in [3.63, 3.8) is 0 Å². The first kappa shape index (κ1) is 12.5. The first-order valence-corrected chi connectivity index (χ1v) is 5.33. The third-order valence-electron chi connectivity index (χ3n) is 2.60. The van der Waals surface area contributed by atoms with E-state index in [1.807, 2.05) is 0 Å². The second kappa shape index (κ2) is 5.49. The van der Waals surface area contributed by atoms with Gasteiger partial charge in [-0.25, -0.2) is 0 Å². The number of aromatic nitrogens is 2. The third kappa shape index (κ3) is 2.51. The van der Waals surface area contributed by atoms with Crippen LogP contribution in [-0.2, 0) is 13.1 Å². The summed E-state index contributed by atoms with van der Waals surface area (Å²) in [7, 11) is 0. The van der Waals surface area contributed by atoms with Crippen LogP contribution >= 0.6 is 0 Å². The molecule has 0 spiro atoms. The largest absolute Gasteiger partial charge is 1.00 e. The standard InChI is InChI=1S/C12H17N2.HI/c1-3-7-14-9-5-11-10-13(4-2)8-6-12(11)14;/h5-6,8-10H,3-4,7H2,1-2H3;1H/q+1;/p-1. The molecule has 0 aromatic carbocycles. The smallest absolute Gasteiger partial charge is 0.215 e. The van der Waals surface area contributed by atoms with Crippen LogP contribution in [0.4, 0.5) is 0 Å². The summed E-state index contributed by atoms with van der Waals surface area (Å²) in [6.45, 7) is 6.52. The average molecular weight is 316 g/mol. The quantitative estimate of drug-likeness (QED) is 0.524. The maximum atomic E-state index is 2.31. The van der Waals surface area contributed by atoms with Crippen molar-refractivity contribution in [3.8, 4) is 11.3 Å². The maximum absolute atomic E-state index is 2.31. The molecule has 15 heavy (non-hydrogen) atoms. The minimum absolute atomic E-state index is 0. The van der Waals surface area contributed by atoms with E-state index < -0.39 is 0 Å². The molecule has 0 bridgehead atoms. The van der Waals surface area contributed by atoms with Crippen LogP contribution in [-0.4, -0.2) is 4.57 Å². The van der Waals surface area contributed by atoms with Crippen LogP contribution in [0.5, 0.6) is 0 Å². The highest BCUT2D eigenvalue weighted by Crippen LogP contribution is 2.17. The first-order chi connectivity index (χ1) is 6.85. The Morgan fingerprint density at radius 2 is 2.07 bits per heavy atom. The number of aryl methyl sites for hydroxylation is 2. The van der Waals surface area contributed by atoms with Gasteiger partial charge in [0.1, 0.15) is 6.54 Å². The third-order valence-corrected chi connectivity index (χ3v) is 2.60. The van der Waals surface area contributed by atoms with E-state index in [4.69, 9.17) is 0 Å². The molecule has 0 radical (unpaired) electrons. The summed E-state index contributed by atoms with van der Waals surface area (Å²) >= 11 is 0. The van der Waals surface area contributed by atoms with Crippen LogP contribution < -0.4 is 28.5 Å². The predicted octanol–water partition coefficient (Wildman–Crippen LogP) is -0.686. The molecule has 0 aliphatic carbocycles. The normalized spacial score (nSPS) is 10.3. The van der Waals surface area contributed by atoms with Crippen molar-refractivity contribution in [2.45, 2.75) is 33.4 Å². The van der Waals surface area contributed by atoms with Crippen LogP contribution in [0.15, 0.2) is 30.7 Å². The van der Waals surface area contributed by atoms with E-state index in [1.54, 1.807) is 0 Å². The molecule has 82 valence electrons. The monoisotopic (exact) mass is 316 g/mol. The lowest BCUT2D eigenvalue weighted by atomic mass is 10.2. The minimum Gasteiger partial charge on any atom is -1.00 e. The molecule has 0 amide bonds. The highest BCUT2D eigenvalue weighted by atomic mass is 127. The molecular formula is C12H17IN2. The van der Waals surface area contributed by atoms with E-state index in [0.29, 0.717) is 0 Å². The van der Waals surface area contributed by atoms with E-state index in [-0.39, 0.29) is 24.0 Å². The summed E-state index contributed by atoms with van der Waals surface area (Å²) in [5, 5.41) is 0. The number of nitrogens with zero attached hydrogens (tertiary/aromatic N) is 2. The van der Waals surface area contributed by atoms with Crippen LogP contribution in [0.25, 0.3) is 11.3 Å². The predicted molar refractivity (Wildman–Crippen MR) is 57.2 cm³/mol. The van der Waals surface area contributed by atoms with Gasteiger partial charge in [-0.3, -0.25) is 0 Å². The van der Waals surface area contributed by atoms with Crippen molar-refractivity contribution >= 4 is 0 Å². The number of fused-ring (bicyclic) bond motifs is 1. The summed E-state index contributed by atoms with van der Waals surface area (Å²) in [6.07, 6.45) is 7.72. The second-order valence-electron chi connectivity index (χ2n) is 3.62. The van der Waals surface area contributed by atoms with Gasteiger partial charge in [0.25, 0.3) is 0 Å². The number of pyridine rings is 1. The Labute approximate surface area is 108 Å². The molecular weight excluding hydrogens is 299 g/mol. The molecule has 3 heteroatoms. The zero-order valence-corrected chi connectivity index (χ0v) is 11.4. The number of halogens is 1. The minimum atomic E-state index is 0. The van der Waals surface area contributed by atoms with Crippen LogP contribution in [0, 0.1) is 0 Å². The van der Waals surface area contributed by atoms with Gasteiger partial charge in [0, 0.05) is 37.5 Å². The molecule has 0 fully saturated rings. The molecule has 0 atom stereocenters. The Hall–Kier alpha value is -0.580. The van der Waals surface area contributed by atoms with Crippen LogP contribution in [0.3, 0.4) is 0 Å². The van der Waals surface area contributed by atoms with E-state index in [1.165, 1.54) is 17.7 Å². The Morgan fingerprint density at radius 1 is 1.27 bits per heavy atom. The van der Waals surface area contributed by atoms with Gasteiger partial charge in [0.15, 0.2) is 6.20 Å². The van der Waals surface area contributed by atoms with Crippen molar-refractivity contribution in [1.29, 1.82) is 0 Å². The topological polar surface area (TPSA) is 8.81 Å². The lowest BCUT2D eigenvalue weighted by molar-refractivity contribution is -0.683. The van der Waals surface area contributed by atoms with Crippen LogP contribution in [0.2, 0.25) is 0 Å². The molecule has 2 aliphatic heterocycles. The van der Waals surface area contributed by atoms with E-state index >= 15 is 0 Å². The first-order valence-electron chi connectivity index (χ1n) is 5.33. The molecule has 0 unspecified atom stereocenters. The maximum Gasteiger partial charge on any atom is 0.215 e. The Morgan fingerprint density at radius 3 is 2.73 bits per heavy atom. The van der Waals surface area contributed by atoms with E-state index in [2.05, 4.69) is 53.7 Å². The van der Waals surface area contributed by atoms with Crippen molar-refractivity contribution in [3.05, 3.63) is 30.7 Å². The molecule has 2 heterocycles. The fourth-order valence-electron chi connectivity index (χ4n) is 1.82. The van der Waals surface area contributed by atoms with Gasteiger partial charge >= 0.3 is 0 Å². The summed E-state index contributed by atoms with van der Waals surface area (Å²) in [5.41, 5.74) is 2.68. The Balaban J connectivity index is 0.00000112. The SMILES string of the molecule is CCC[n+]1ccc2cn(CC)ccc1-2.[I-]. The lowest BCUT2D eigenvalue weighted by Gasteiger charge is -2.03. The molecule has 0 saturated carbocycles. The van der Waals surface area contributed by atoms with Crippen LogP contribution in [0.1, 0.15) is 20.3 Å². The highest BCUT2D eigenvalue weighted by Gasteiger charge is 2.15. The van der Waals surface area contributed by atoms with Crippen molar-refractivity contribution < 1.29 is 28.5 Å². The van der Waals surface area contributed by atoms with Gasteiger partial charge in [-0.1, -0.05) is 6.92 Å². The van der Waals surface area contributed by atoms with Crippen molar-refractivity contribution in [2.24, 2.45) is 0 Å². The van der Waals surface area contributed by atoms with Gasteiger partial charge in [0.05, 0.1) is 5.56 Å². The van der Waals surface area contributed by atoms with Crippen molar-refractivity contribution in [1.82, 2.24) is 4.57 Å². The summed E-state index contributed by atoms with van der Waals surface area (Å²) in [4.78, 5) is 0. The molecule has 0 aromatic heterocycles. The fraction of sp³-hybridized carbons (Fsp3) is 0.417. The van der Waals surface area contributed by atoms with Gasteiger partial charge in [-0.2, -0.15) is 4.57 Å².